The van der Waals surface area contributed by atoms with Gasteiger partial charge in [0.05, 0.1) is 16.3 Å². The quantitative estimate of drug-likeness (QED) is 0.115. The third-order valence-electron chi connectivity index (χ3n) is 5.21. The molecule has 0 aliphatic heterocycles. The van der Waals surface area contributed by atoms with Gasteiger partial charge in [0, 0.05) is 6.54 Å². The van der Waals surface area contributed by atoms with Gasteiger partial charge in [-0.1, -0.05) is 60.2 Å². The Morgan fingerprint density at radius 3 is 1.98 bits per heavy atom. The van der Waals surface area contributed by atoms with Crippen molar-refractivity contribution in [3.05, 3.63) is 65.4 Å². The van der Waals surface area contributed by atoms with Gasteiger partial charge in [-0.3, -0.25) is 5.32 Å². The topological polar surface area (TPSA) is 193 Å². The number of aliphatic carboxylic acids is 2. The van der Waals surface area contributed by atoms with Gasteiger partial charge in [-0.05, 0) is 49.4 Å². The number of nitrogens with one attached hydrogen (secondary N) is 2. The van der Waals surface area contributed by atoms with E-state index in [2.05, 4.69) is 58.7 Å². The number of thiazole rings is 1. The molecule has 0 aliphatic rings. The van der Waals surface area contributed by atoms with Crippen LogP contribution in [0.4, 0.5) is 42.0 Å². The minimum absolute atomic E-state index is 0.0291. The molecule has 18 heteroatoms. The Bertz CT molecular complexity index is 1450. The van der Waals surface area contributed by atoms with Gasteiger partial charge in [0.15, 0.2) is 5.13 Å². The summed E-state index contributed by atoms with van der Waals surface area (Å²) in [6, 6.07) is 15.6. The lowest BCUT2D eigenvalue weighted by atomic mass is 10.0. The average molecular weight is 665 g/mol. The lowest BCUT2D eigenvalue weighted by Crippen LogP contribution is -2.44. The normalized spacial score (nSPS) is 12.1. The van der Waals surface area contributed by atoms with Crippen LogP contribution in [-0.4, -0.2) is 58.0 Å². The Labute approximate surface area is 257 Å². The van der Waals surface area contributed by atoms with Gasteiger partial charge < -0.3 is 27.0 Å². The van der Waals surface area contributed by atoms with Crippen molar-refractivity contribution in [2.45, 2.75) is 39.5 Å². The smallest absolute Gasteiger partial charge is 0.475 e. The van der Waals surface area contributed by atoms with Crippen LogP contribution in [0, 0.1) is 19.8 Å². The van der Waals surface area contributed by atoms with Crippen molar-refractivity contribution in [3.8, 4) is 10.4 Å². The van der Waals surface area contributed by atoms with E-state index in [1.54, 1.807) is 0 Å². The summed E-state index contributed by atoms with van der Waals surface area (Å²) in [5.41, 5.74) is 16.7. The number of aryl methyl sites for hydroxylation is 2. The standard InChI is InChI=1S/C23H28N6OS.2C2HF3O2/c1-14-7-9-17(10-8-14)11-15(2)13-26-23(30)29-21(24)28-19-6-4-5-18(12-19)20-16(3)27-22(25)31-20;2*3-2(4,5)1(6)7/h4-10,12,15H,11,13H2,1-3H3,(H2,25,27)(H4,24,26,28,29,30);2*(H,6,7). The lowest BCUT2D eigenvalue weighted by Gasteiger charge is -2.13. The highest BCUT2D eigenvalue weighted by molar-refractivity contribution is 7.18. The van der Waals surface area contributed by atoms with Gasteiger partial charge in [-0.2, -0.15) is 26.3 Å². The molecule has 1 atom stereocenters. The lowest BCUT2D eigenvalue weighted by molar-refractivity contribution is -0.193. The van der Waals surface area contributed by atoms with Crippen molar-refractivity contribution in [2.75, 3.05) is 12.3 Å². The number of alkyl halides is 6. The van der Waals surface area contributed by atoms with E-state index in [-0.39, 0.29) is 12.0 Å². The number of carboxylic acid groups (broad SMARTS) is 2. The number of anilines is 1. The van der Waals surface area contributed by atoms with E-state index in [0.29, 0.717) is 23.3 Å². The second-order valence-corrected chi connectivity index (χ2v) is 10.3. The van der Waals surface area contributed by atoms with Crippen LogP contribution >= 0.6 is 11.3 Å². The van der Waals surface area contributed by atoms with Gasteiger partial charge in [-0.25, -0.2) is 24.4 Å². The first-order valence-electron chi connectivity index (χ1n) is 12.6. The number of urea groups is 1. The molecule has 3 rings (SSSR count). The second kappa shape index (κ2) is 16.8. The number of carbonyl (C=O) groups excluding carboxylic acids is 1. The minimum atomic E-state index is -5.08. The molecule has 1 aromatic heterocycles. The third-order valence-corrected chi connectivity index (χ3v) is 6.25. The number of hydrogen-bond acceptors (Lipinski definition) is 7. The SMILES string of the molecule is Cc1ccc(CC(C)CNC(=O)NC(N)=Nc2cccc(-c3sc(N)nc3C)c2)cc1.O=C(O)C(F)(F)F.O=C(O)C(F)(F)F. The number of aliphatic imine (C=N–C) groups is 1. The molecule has 0 radical (unpaired) electrons. The predicted octanol–water partition coefficient (Wildman–Crippen LogP) is 5.40. The molecule has 11 nitrogen and oxygen atoms in total. The van der Waals surface area contributed by atoms with Crippen molar-refractivity contribution in [3.63, 3.8) is 0 Å². The molecule has 246 valence electrons. The number of amides is 2. The fourth-order valence-electron chi connectivity index (χ4n) is 3.19. The number of carbonyl (C=O) groups is 3. The van der Waals surface area contributed by atoms with Crippen molar-refractivity contribution in [1.29, 1.82) is 0 Å². The Balaban J connectivity index is 0.000000601. The van der Waals surface area contributed by atoms with Crippen molar-refractivity contribution < 1.29 is 50.9 Å². The number of nitrogens with two attached hydrogens (primary N) is 2. The zero-order valence-electron chi connectivity index (χ0n) is 24.0. The van der Waals surface area contributed by atoms with Gasteiger partial charge in [0.2, 0.25) is 5.96 Å². The largest absolute Gasteiger partial charge is 0.490 e. The molecule has 3 aromatic rings. The number of nitrogen functional groups attached to an aromatic ring is 1. The van der Waals surface area contributed by atoms with E-state index >= 15 is 0 Å². The fraction of sp³-hybridized carbons (Fsp3) is 0.296. The molecule has 0 spiro atoms. The molecule has 0 saturated carbocycles. The van der Waals surface area contributed by atoms with Crippen LogP contribution in [0.25, 0.3) is 10.4 Å². The zero-order valence-corrected chi connectivity index (χ0v) is 24.8. The van der Waals surface area contributed by atoms with Crippen molar-refractivity contribution >= 4 is 46.1 Å². The van der Waals surface area contributed by atoms with Gasteiger partial charge in [0.25, 0.3) is 0 Å². The molecule has 1 heterocycles. The monoisotopic (exact) mass is 664 g/mol. The molecule has 0 aliphatic carbocycles. The van der Waals surface area contributed by atoms with E-state index in [9.17, 15) is 31.1 Å². The zero-order chi connectivity index (χ0) is 34.5. The Kier molecular flexibility index (Phi) is 14.3. The van der Waals surface area contributed by atoms with E-state index in [4.69, 9.17) is 31.3 Å². The number of halogens is 6. The minimum Gasteiger partial charge on any atom is -0.475 e. The van der Waals surface area contributed by atoms with Crippen LogP contribution in [0.3, 0.4) is 0 Å². The maximum Gasteiger partial charge on any atom is 0.490 e. The summed E-state index contributed by atoms with van der Waals surface area (Å²) in [5, 5.41) is 20.2. The molecule has 0 saturated heterocycles. The fourth-order valence-corrected chi connectivity index (χ4v) is 4.02. The Hall–Kier alpha value is -4.87. The number of guanidine groups is 1. The average Bonchev–Trinajstić information content (AvgIpc) is 3.26. The summed E-state index contributed by atoms with van der Waals surface area (Å²) >= 11 is 1.42. The molecule has 0 fully saturated rings. The number of rotatable bonds is 6. The van der Waals surface area contributed by atoms with Crippen LogP contribution in [0.5, 0.6) is 0 Å². The van der Waals surface area contributed by atoms with E-state index in [0.717, 1.165) is 22.6 Å². The summed E-state index contributed by atoms with van der Waals surface area (Å²) in [5.74, 6) is -5.19. The second-order valence-electron chi connectivity index (χ2n) is 9.25. The molecular formula is C27H30F6N6O5S. The maximum absolute atomic E-state index is 12.2. The number of carboxylic acids is 2. The highest BCUT2D eigenvalue weighted by Gasteiger charge is 2.38. The molecule has 2 amide bonds. The predicted molar refractivity (Wildman–Crippen MR) is 156 cm³/mol. The molecule has 2 aromatic carbocycles. The van der Waals surface area contributed by atoms with E-state index in [1.165, 1.54) is 22.5 Å². The van der Waals surface area contributed by atoms with Crippen molar-refractivity contribution in [2.24, 2.45) is 16.6 Å². The highest BCUT2D eigenvalue weighted by atomic mass is 32.1. The molecule has 8 N–H and O–H groups in total. The number of aromatic nitrogens is 1. The molecular weight excluding hydrogens is 634 g/mol. The number of benzene rings is 2. The Morgan fingerprint density at radius 2 is 1.51 bits per heavy atom. The number of hydrogen-bond donors (Lipinski definition) is 6. The third kappa shape index (κ3) is 14.9. The van der Waals surface area contributed by atoms with Gasteiger partial charge >= 0.3 is 30.3 Å². The Morgan fingerprint density at radius 1 is 0.978 bits per heavy atom. The highest BCUT2D eigenvalue weighted by Crippen LogP contribution is 2.33. The van der Waals surface area contributed by atoms with Gasteiger partial charge in [-0.15, -0.1) is 0 Å². The summed E-state index contributed by atoms with van der Waals surface area (Å²) in [6.07, 6.45) is -9.28. The van der Waals surface area contributed by atoms with Crippen molar-refractivity contribution in [1.82, 2.24) is 15.6 Å². The molecule has 0 bridgehead atoms. The van der Waals surface area contributed by atoms with Crippen LogP contribution in [-0.2, 0) is 16.0 Å². The van der Waals surface area contributed by atoms with Crippen LogP contribution in [0.2, 0.25) is 0 Å². The summed E-state index contributed by atoms with van der Waals surface area (Å²) < 4.78 is 63.5. The maximum atomic E-state index is 12.2. The first kappa shape index (κ1) is 38.2. The first-order valence-corrected chi connectivity index (χ1v) is 13.4. The molecule has 1 unspecified atom stereocenters. The summed E-state index contributed by atoms with van der Waals surface area (Å²) in [4.78, 5) is 39.5. The van der Waals surface area contributed by atoms with Crippen LogP contribution in [0.1, 0.15) is 23.7 Å². The molecule has 45 heavy (non-hydrogen) atoms. The number of nitrogens with zero attached hydrogens (tertiary/aromatic N) is 2. The van der Waals surface area contributed by atoms with E-state index in [1.807, 2.05) is 31.2 Å². The summed E-state index contributed by atoms with van der Waals surface area (Å²) in [6.45, 7) is 6.61. The first-order chi connectivity index (χ1) is 20.7. The summed E-state index contributed by atoms with van der Waals surface area (Å²) in [7, 11) is 0. The van der Waals surface area contributed by atoms with Gasteiger partial charge in [0.1, 0.15) is 0 Å². The van der Waals surface area contributed by atoms with Crippen LogP contribution in [0.15, 0.2) is 53.5 Å². The van der Waals surface area contributed by atoms with E-state index < -0.39 is 24.3 Å². The van der Waals surface area contributed by atoms with Crippen LogP contribution < -0.4 is 22.1 Å².